The Morgan fingerprint density at radius 2 is 2.29 bits per heavy atom. The molecule has 14 heavy (non-hydrogen) atoms. The van der Waals surface area contributed by atoms with Crippen LogP contribution in [-0.4, -0.2) is 14.6 Å². The van der Waals surface area contributed by atoms with Crippen LogP contribution in [0.3, 0.4) is 0 Å². The van der Waals surface area contributed by atoms with Crippen LogP contribution in [0.4, 0.5) is 0 Å². The van der Waals surface area contributed by atoms with Crippen molar-refractivity contribution in [2.45, 2.75) is 26.2 Å². The summed E-state index contributed by atoms with van der Waals surface area (Å²) >= 11 is 6.26. The number of rotatable bonds is 0. The molecular weight excluding hydrogens is 198 g/mol. The number of hydrogen-bond donors (Lipinski definition) is 0. The molecule has 0 aromatic carbocycles. The zero-order valence-electron chi connectivity index (χ0n) is 7.92. The lowest BCUT2D eigenvalue weighted by molar-refractivity contribution is 0.900. The fourth-order valence-electron chi connectivity index (χ4n) is 2.03. The van der Waals surface area contributed by atoms with Gasteiger partial charge in [0.15, 0.2) is 5.65 Å². The fraction of sp³-hybridized carbons (Fsp3) is 0.400. The van der Waals surface area contributed by atoms with Crippen molar-refractivity contribution in [2.24, 2.45) is 0 Å². The normalized spacial score (nSPS) is 15.0. The highest BCUT2D eigenvalue weighted by Crippen LogP contribution is 2.28. The summed E-state index contributed by atoms with van der Waals surface area (Å²) in [5, 5.41) is 4.96. The number of hydrogen-bond acceptors (Lipinski definition) is 2. The molecular formula is C10H10ClN3. The third-order valence-electron chi connectivity index (χ3n) is 2.78. The molecule has 0 unspecified atom stereocenters. The van der Waals surface area contributed by atoms with Crippen LogP contribution in [0.25, 0.3) is 5.65 Å². The van der Waals surface area contributed by atoms with Gasteiger partial charge in [-0.05, 0) is 26.2 Å². The second-order valence-corrected chi connectivity index (χ2v) is 4.10. The lowest BCUT2D eigenvalue weighted by atomic mass is 10.2. The molecule has 2 heterocycles. The molecule has 3 nitrogen and oxygen atoms in total. The van der Waals surface area contributed by atoms with Crippen molar-refractivity contribution < 1.29 is 0 Å². The van der Waals surface area contributed by atoms with Crippen LogP contribution in [0.5, 0.6) is 0 Å². The first-order valence-corrected chi connectivity index (χ1v) is 5.17. The minimum atomic E-state index is 0.746. The smallest absolute Gasteiger partial charge is 0.159 e. The van der Waals surface area contributed by atoms with E-state index in [1.54, 1.807) is 4.52 Å². The molecule has 0 bridgehead atoms. The third kappa shape index (κ3) is 0.932. The van der Waals surface area contributed by atoms with Gasteiger partial charge in [-0.3, -0.25) is 0 Å². The molecule has 0 saturated heterocycles. The van der Waals surface area contributed by atoms with Gasteiger partial charge in [-0.15, -0.1) is 0 Å². The molecule has 0 N–H and O–H groups in total. The van der Waals surface area contributed by atoms with Crippen molar-refractivity contribution >= 4 is 17.2 Å². The van der Waals surface area contributed by atoms with Crippen molar-refractivity contribution in [3.63, 3.8) is 0 Å². The Labute approximate surface area is 86.7 Å². The summed E-state index contributed by atoms with van der Waals surface area (Å²) < 4.78 is 1.74. The minimum Gasteiger partial charge on any atom is -0.233 e. The average Bonchev–Trinajstić information content (AvgIpc) is 2.75. The molecule has 0 amide bonds. The highest BCUT2D eigenvalue weighted by molar-refractivity contribution is 6.30. The van der Waals surface area contributed by atoms with Gasteiger partial charge in [-0.1, -0.05) is 11.6 Å². The fourth-order valence-corrected chi connectivity index (χ4v) is 2.36. The quantitative estimate of drug-likeness (QED) is 0.620. The number of fused-ring (bicyclic) bond motifs is 2. The number of nitrogens with zero attached hydrogens (tertiary/aromatic N) is 3. The third-order valence-corrected chi connectivity index (χ3v) is 3.17. The molecule has 4 heteroatoms. The first-order chi connectivity index (χ1) is 6.77. The largest absolute Gasteiger partial charge is 0.233 e. The molecule has 0 atom stereocenters. The standard InChI is InChI=1S/C10H10ClN3/c1-6-5-12-14-9(11)7-3-2-4-8(7)13-10(6)14/h5H,2-4H2,1H3. The van der Waals surface area contributed by atoms with Crippen molar-refractivity contribution in [3.8, 4) is 0 Å². The average molecular weight is 208 g/mol. The van der Waals surface area contributed by atoms with E-state index in [2.05, 4.69) is 10.1 Å². The lowest BCUT2D eigenvalue weighted by Crippen LogP contribution is -1.99. The molecule has 1 aliphatic rings. The molecule has 0 saturated carbocycles. The molecule has 1 aliphatic carbocycles. The van der Waals surface area contributed by atoms with Gasteiger partial charge in [0, 0.05) is 16.8 Å². The Morgan fingerprint density at radius 1 is 1.43 bits per heavy atom. The maximum atomic E-state index is 6.26. The first-order valence-electron chi connectivity index (χ1n) is 4.79. The molecule has 2 aromatic heterocycles. The van der Waals surface area contributed by atoms with Crippen molar-refractivity contribution in [3.05, 3.63) is 28.2 Å². The van der Waals surface area contributed by atoms with Gasteiger partial charge in [0.05, 0.1) is 6.20 Å². The highest BCUT2D eigenvalue weighted by Gasteiger charge is 2.19. The van der Waals surface area contributed by atoms with Crippen LogP contribution in [0.15, 0.2) is 6.20 Å². The molecule has 0 radical (unpaired) electrons. The van der Waals surface area contributed by atoms with Gasteiger partial charge in [0.1, 0.15) is 5.15 Å². The van der Waals surface area contributed by atoms with E-state index in [1.165, 1.54) is 5.56 Å². The Hall–Kier alpha value is -1.09. The van der Waals surface area contributed by atoms with Crippen LogP contribution in [0, 0.1) is 6.92 Å². The summed E-state index contributed by atoms with van der Waals surface area (Å²) in [5.74, 6) is 0. The monoisotopic (exact) mass is 207 g/mol. The second-order valence-electron chi connectivity index (χ2n) is 3.74. The molecule has 0 aliphatic heterocycles. The summed E-state index contributed by atoms with van der Waals surface area (Å²) in [7, 11) is 0. The van der Waals surface area contributed by atoms with E-state index in [0.29, 0.717) is 0 Å². The highest BCUT2D eigenvalue weighted by atomic mass is 35.5. The van der Waals surface area contributed by atoms with Gasteiger partial charge in [-0.25, -0.2) is 9.50 Å². The molecule has 3 rings (SSSR count). The number of halogens is 1. The number of aromatic nitrogens is 3. The first kappa shape index (κ1) is 8.24. The zero-order chi connectivity index (χ0) is 9.71. The van der Waals surface area contributed by atoms with Gasteiger partial charge in [0.25, 0.3) is 0 Å². The van der Waals surface area contributed by atoms with E-state index in [1.807, 2.05) is 13.1 Å². The Bertz CT molecular complexity index is 516. The van der Waals surface area contributed by atoms with Gasteiger partial charge >= 0.3 is 0 Å². The summed E-state index contributed by atoms with van der Waals surface area (Å²) in [6.45, 7) is 2.01. The molecule has 0 spiro atoms. The van der Waals surface area contributed by atoms with E-state index >= 15 is 0 Å². The summed E-state index contributed by atoms with van der Waals surface area (Å²) in [6, 6.07) is 0. The Balaban J connectivity index is 2.45. The molecule has 0 fully saturated rings. The van der Waals surface area contributed by atoms with E-state index in [0.717, 1.165) is 41.3 Å². The van der Waals surface area contributed by atoms with Crippen molar-refractivity contribution in [1.29, 1.82) is 0 Å². The maximum Gasteiger partial charge on any atom is 0.159 e. The van der Waals surface area contributed by atoms with Crippen LogP contribution in [0.1, 0.15) is 23.2 Å². The minimum absolute atomic E-state index is 0.746. The van der Waals surface area contributed by atoms with Crippen molar-refractivity contribution in [2.75, 3.05) is 0 Å². The predicted octanol–water partition coefficient (Wildman–Crippen LogP) is 2.18. The van der Waals surface area contributed by atoms with Gasteiger partial charge in [0.2, 0.25) is 0 Å². The number of aryl methyl sites for hydroxylation is 2. The SMILES string of the molecule is Cc1cnn2c(Cl)c3c(nc12)CCC3. The van der Waals surface area contributed by atoms with Crippen molar-refractivity contribution in [1.82, 2.24) is 14.6 Å². The summed E-state index contributed by atoms with van der Waals surface area (Å²) in [6.07, 6.45) is 5.06. The second kappa shape index (κ2) is 2.70. The van der Waals surface area contributed by atoms with E-state index in [4.69, 9.17) is 11.6 Å². The molecule has 72 valence electrons. The molecule has 2 aromatic rings. The Morgan fingerprint density at radius 3 is 3.14 bits per heavy atom. The van der Waals surface area contributed by atoms with Crippen LogP contribution >= 0.6 is 11.6 Å². The van der Waals surface area contributed by atoms with E-state index in [9.17, 15) is 0 Å². The maximum absolute atomic E-state index is 6.26. The summed E-state index contributed by atoms with van der Waals surface area (Å²) in [4.78, 5) is 4.59. The van der Waals surface area contributed by atoms with Crippen LogP contribution in [0.2, 0.25) is 5.15 Å². The van der Waals surface area contributed by atoms with Gasteiger partial charge < -0.3 is 0 Å². The zero-order valence-corrected chi connectivity index (χ0v) is 8.67. The van der Waals surface area contributed by atoms with Crippen LogP contribution < -0.4 is 0 Å². The van der Waals surface area contributed by atoms with E-state index < -0.39 is 0 Å². The topological polar surface area (TPSA) is 30.2 Å². The van der Waals surface area contributed by atoms with Gasteiger partial charge in [-0.2, -0.15) is 5.10 Å². The lowest BCUT2D eigenvalue weighted by Gasteiger charge is -2.04. The Kier molecular flexibility index (Phi) is 1.59. The van der Waals surface area contributed by atoms with E-state index in [-0.39, 0.29) is 0 Å². The predicted molar refractivity (Wildman–Crippen MR) is 54.8 cm³/mol. The van der Waals surface area contributed by atoms with Crippen LogP contribution in [-0.2, 0) is 12.8 Å². The summed E-state index contributed by atoms with van der Waals surface area (Å²) in [5.41, 5.74) is 4.32.